The van der Waals surface area contributed by atoms with Crippen molar-refractivity contribution < 1.29 is 9.59 Å². The number of carbonyl (C=O) groups is 2. The van der Waals surface area contributed by atoms with Crippen molar-refractivity contribution in [3.63, 3.8) is 0 Å². The van der Waals surface area contributed by atoms with Crippen molar-refractivity contribution in [1.82, 2.24) is 10.2 Å². The van der Waals surface area contributed by atoms with Gasteiger partial charge in [0.2, 0.25) is 11.8 Å². The minimum atomic E-state index is -0.611. The fourth-order valence-electron chi connectivity index (χ4n) is 2.94. The molecule has 1 atom stereocenters. The number of likely N-dealkylation sites (N-methyl/N-ethyl adjacent to an activating group) is 1. The van der Waals surface area contributed by atoms with Crippen LogP contribution in [0.2, 0.25) is 0 Å². The number of nitrogens with two attached hydrogens (primary N) is 1. The summed E-state index contributed by atoms with van der Waals surface area (Å²) in [6, 6.07) is -0.611. The molecule has 0 saturated carbocycles. The Morgan fingerprint density at radius 1 is 0.893 bits per heavy atom. The lowest BCUT2D eigenvalue weighted by atomic mass is 10.1. The largest absolute Gasteiger partial charge is 0.368 e. The van der Waals surface area contributed by atoms with E-state index in [4.69, 9.17) is 5.73 Å². The Morgan fingerprint density at radius 2 is 1.46 bits per heavy atom. The van der Waals surface area contributed by atoms with E-state index >= 15 is 0 Å². The molecule has 0 saturated heterocycles. The van der Waals surface area contributed by atoms with Crippen molar-refractivity contribution in [1.29, 1.82) is 0 Å². The fourth-order valence-corrected chi connectivity index (χ4v) is 2.94. The highest BCUT2D eigenvalue weighted by molar-refractivity contribution is 5.86. The van der Waals surface area contributed by atoms with E-state index in [1.807, 2.05) is 19.0 Å². The average Bonchev–Trinajstić information content (AvgIpc) is 2.64. The van der Waals surface area contributed by atoms with Crippen LogP contribution in [0.4, 0.5) is 0 Å². The minimum Gasteiger partial charge on any atom is -0.368 e. The SMILES string of the molecule is CCCCC/C=C\C/C=C\CCCCCCCC(=O)NC(CN(C)C)C(N)=O. The third-order valence-electron chi connectivity index (χ3n) is 4.58. The smallest absolute Gasteiger partial charge is 0.241 e. The number of nitrogens with zero attached hydrogens (tertiary/aromatic N) is 1. The number of amides is 2. The van der Waals surface area contributed by atoms with Crippen LogP contribution in [0.1, 0.15) is 84.0 Å². The fraction of sp³-hybridized carbons (Fsp3) is 0.739. The Bertz CT molecular complexity index is 459. The number of carbonyl (C=O) groups excluding carboxylic acids is 2. The van der Waals surface area contributed by atoms with E-state index < -0.39 is 11.9 Å². The van der Waals surface area contributed by atoms with Gasteiger partial charge in [0.15, 0.2) is 0 Å². The molecule has 0 rings (SSSR count). The molecule has 5 nitrogen and oxygen atoms in total. The molecule has 0 fully saturated rings. The highest BCUT2D eigenvalue weighted by Gasteiger charge is 2.18. The third kappa shape index (κ3) is 17.8. The minimum absolute atomic E-state index is 0.0867. The summed E-state index contributed by atoms with van der Waals surface area (Å²) in [5.41, 5.74) is 5.33. The van der Waals surface area contributed by atoms with E-state index in [-0.39, 0.29) is 5.91 Å². The van der Waals surface area contributed by atoms with Gasteiger partial charge < -0.3 is 16.0 Å². The van der Waals surface area contributed by atoms with Gasteiger partial charge in [-0.1, -0.05) is 63.3 Å². The van der Waals surface area contributed by atoms with E-state index in [1.54, 1.807) is 0 Å². The highest BCUT2D eigenvalue weighted by atomic mass is 16.2. The van der Waals surface area contributed by atoms with Gasteiger partial charge in [-0.15, -0.1) is 0 Å². The van der Waals surface area contributed by atoms with Crippen LogP contribution in [0.5, 0.6) is 0 Å². The molecular formula is C23H43N3O2. The average molecular weight is 394 g/mol. The molecule has 0 heterocycles. The maximum absolute atomic E-state index is 11.9. The van der Waals surface area contributed by atoms with Crippen molar-refractivity contribution in [3.8, 4) is 0 Å². The lowest BCUT2D eigenvalue weighted by molar-refractivity contribution is -0.127. The van der Waals surface area contributed by atoms with Gasteiger partial charge in [-0.3, -0.25) is 9.59 Å². The highest BCUT2D eigenvalue weighted by Crippen LogP contribution is 2.08. The lowest BCUT2D eigenvalue weighted by Gasteiger charge is -2.19. The van der Waals surface area contributed by atoms with Crippen molar-refractivity contribution in [2.75, 3.05) is 20.6 Å². The second kappa shape index (κ2) is 18.7. The first-order valence-electron chi connectivity index (χ1n) is 11.0. The van der Waals surface area contributed by atoms with E-state index in [1.165, 1.54) is 38.5 Å². The van der Waals surface area contributed by atoms with Crippen LogP contribution >= 0.6 is 0 Å². The standard InChI is InChI=1S/C23H43N3O2/c1-4-5-6-7-8-9-10-11-12-13-14-15-16-17-18-19-22(27)25-21(23(24)28)20-26(2)3/h8-9,11-12,21H,4-7,10,13-20H2,1-3H3,(H2,24,28)(H,25,27)/b9-8-,12-11-. The van der Waals surface area contributed by atoms with Crippen molar-refractivity contribution >= 4 is 11.8 Å². The van der Waals surface area contributed by atoms with Crippen LogP contribution in [0.25, 0.3) is 0 Å². The Balaban J connectivity index is 3.57. The van der Waals surface area contributed by atoms with E-state index in [2.05, 4.69) is 36.5 Å². The second-order valence-electron chi connectivity index (χ2n) is 7.77. The van der Waals surface area contributed by atoms with Crippen molar-refractivity contribution in [2.45, 2.75) is 90.0 Å². The first-order chi connectivity index (χ1) is 13.5. The number of nitrogens with one attached hydrogen (secondary N) is 1. The summed E-state index contributed by atoms with van der Waals surface area (Å²) in [5.74, 6) is -0.571. The summed E-state index contributed by atoms with van der Waals surface area (Å²) in [7, 11) is 3.70. The molecule has 28 heavy (non-hydrogen) atoms. The first-order valence-corrected chi connectivity index (χ1v) is 11.0. The maximum Gasteiger partial charge on any atom is 0.241 e. The van der Waals surface area contributed by atoms with Gasteiger partial charge in [-0.05, 0) is 52.6 Å². The number of allylic oxidation sites excluding steroid dienone is 4. The molecule has 0 aliphatic heterocycles. The van der Waals surface area contributed by atoms with Gasteiger partial charge in [0.05, 0.1) is 0 Å². The van der Waals surface area contributed by atoms with Crippen LogP contribution in [-0.2, 0) is 9.59 Å². The predicted molar refractivity (Wildman–Crippen MR) is 119 cm³/mol. The van der Waals surface area contributed by atoms with Gasteiger partial charge in [-0.2, -0.15) is 0 Å². The lowest BCUT2D eigenvalue weighted by Crippen LogP contribution is -2.49. The Kier molecular flexibility index (Phi) is 17.6. The molecule has 3 N–H and O–H groups in total. The molecule has 2 amide bonds. The van der Waals surface area contributed by atoms with Crippen LogP contribution < -0.4 is 11.1 Å². The summed E-state index contributed by atoms with van der Waals surface area (Å²) in [5, 5.41) is 2.73. The summed E-state index contributed by atoms with van der Waals surface area (Å²) in [4.78, 5) is 25.1. The molecular weight excluding hydrogens is 350 g/mol. The molecule has 0 aromatic carbocycles. The first kappa shape index (κ1) is 26.4. The zero-order valence-corrected chi connectivity index (χ0v) is 18.4. The number of hydrogen-bond donors (Lipinski definition) is 2. The number of unbranched alkanes of at least 4 members (excludes halogenated alkanes) is 8. The van der Waals surface area contributed by atoms with Crippen molar-refractivity contribution in [2.24, 2.45) is 5.73 Å². The predicted octanol–water partition coefficient (Wildman–Crippen LogP) is 4.33. The topological polar surface area (TPSA) is 75.4 Å². The van der Waals surface area contributed by atoms with Crippen molar-refractivity contribution in [3.05, 3.63) is 24.3 Å². The van der Waals surface area contributed by atoms with Crippen LogP contribution in [0.3, 0.4) is 0 Å². The summed E-state index contributed by atoms with van der Waals surface area (Å²) < 4.78 is 0. The summed E-state index contributed by atoms with van der Waals surface area (Å²) in [6.45, 7) is 2.67. The summed E-state index contributed by atoms with van der Waals surface area (Å²) >= 11 is 0. The quantitative estimate of drug-likeness (QED) is 0.269. The normalized spacial score (nSPS) is 12.9. The van der Waals surface area contributed by atoms with Gasteiger partial charge in [0, 0.05) is 13.0 Å². The molecule has 1 unspecified atom stereocenters. The Labute approximate surface area is 172 Å². The van der Waals surface area contributed by atoms with Crippen LogP contribution in [0.15, 0.2) is 24.3 Å². The van der Waals surface area contributed by atoms with Crippen LogP contribution in [-0.4, -0.2) is 43.4 Å². The van der Waals surface area contributed by atoms with Gasteiger partial charge in [0.25, 0.3) is 0 Å². The number of hydrogen-bond acceptors (Lipinski definition) is 3. The zero-order chi connectivity index (χ0) is 21.0. The molecule has 0 aliphatic carbocycles. The molecule has 0 aromatic rings. The molecule has 5 heteroatoms. The van der Waals surface area contributed by atoms with Crippen LogP contribution in [0, 0.1) is 0 Å². The Hall–Kier alpha value is -1.62. The van der Waals surface area contributed by atoms with Gasteiger partial charge in [-0.25, -0.2) is 0 Å². The molecule has 0 aliphatic rings. The maximum atomic E-state index is 11.9. The van der Waals surface area contributed by atoms with E-state index in [0.717, 1.165) is 32.1 Å². The van der Waals surface area contributed by atoms with Gasteiger partial charge >= 0.3 is 0 Å². The molecule has 0 bridgehead atoms. The number of rotatable bonds is 18. The molecule has 162 valence electrons. The second-order valence-corrected chi connectivity index (χ2v) is 7.77. The van der Waals surface area contributed by atoms with E-state index in [9.17, 15) is 9.59 Å². The third-order valence-corrected chi connectivity index (χ3v) is 4.58. The molecule has 0 aromatic heterocycles. The monoisotopic (exact) mass is 393 g/mol. The van der Waals surface area contributed by atoms with E-state index in [0.29, 0.717) is 13.0 Å². The molecule has 0 spiro atoms. The van der Waals surface area contributed by atoms with Gasteiger partial charge in [0.1, 0.15) is 6.04 Å². The summed E-state index contributed by atoms with van der Waals surface area (Å²) in [6.07, 6.45) is 22.3. The molecule has 0 radical (unpaired) electrons. The zero-order valence-electron chi connectivity index (χ0n) is 18.4. The Morgan fingerprint density at radius 3 is 2.04 bits per heavy atom. The number of primary amides is 1.